The molecule has 216 valence electrons. The second-order valence-electron chi connectivity index (χ2n) is 10.6. The van der Waals surface area contributed by atoms with Gasteiger partial charge in [0.1, 0.15) is 23.1 Å². The average molecular weight is 601 g/mol. The first-order chi connectivity index (χ1) is 19.8. The molecule has 13 heteroatoms. The largest absolute Gasteiger partial charge is 0.495 e. The zero-order valence-corrected chi connectivity index (χ0v) is 24.2. The van der Waals surface area contributed by atoms with Crippen LogP contribution in [0.1, 0.15) is 6.42 Å². The molecular formula is C28H30Cl2N6O5. The quantitative estimate of drug-likeness (QED) is 0.368. The van der Waals surface area contributed by atoms with Crippen LogP contribution in [0.25, 0.3) is 22.3 Å². The molecule has 1 spiro atoms. The molecule has 1 amide bonds. The molecule has 3 aliphatic rings. The number of fused-ring (bicyclic) bond motifs is 1. The van der Waals surface area contributed by atoms with Crippen molar-refractivity contribution in [2.75, 3.05) is 64.0 Å². The van der Waals surface area contributed by atoms with Crippen LogP contribution < -0.4 is 25.4 Å². The van der Waals surface area contributed by atoms with Crippen LogP contribution in [0.2, 0.25) is 10.0 Å². The second-order valence-corrected chi connectivity index (χ2v) is 11.4. The van der Waals surface area contributed by atoms with Crippen LogP contribution in [0.3, 0.4) is 0 Å². The summed E-state index contributed by atoms with van der Waals surface area (Å²) in [5, 5.41) is 4.87. The Morgan fingerprint density at radius 1 is 1.15 bits per heavy atom. The molecule has 0 saturated carbocycles. The standard InChI is InChI=1S/C28H30Cl2N6O5/c1-38-19-8-20(39-2)25(30)23(24(19)29)26-34-17-9-32-22(33-18-10-40-6-5-15(18)3-4-21(31)37)7-16(17)27(35-26)36-11-28(12-36)13-41-14-28/h3-4,7-9,15,18H,5-6,10-14H2,1-2H3,(H2,31,37)(H,32,33)/t15-,18-/m1/s1. The fourth-order valence-corrected chi connectivity index (χ4v) is 6.23. The number of aromatic nitrogens is 3. The van der Waals surface area contributed by atoms with Crippen molar-refractivity contribution in [2.45, 2.75) is 12.5 Å². The first-order valence-corrected chi connectivity index (χ1v) is 14.0. The van der Waals surface area contributed by atoms with Crippen molar-refractivity contribution >= 4 is 51.6 Å². The lowest BCUT2D eigenvalue weighted by atomic mass is 9.78. The number of nitrogens with two attached hydrogens (primary N) is 1. The van der Waals surface area contributed by atoms with E-state index in [-0.39, 0.29) is 27.4 Å². The summed E-state index contributed by atoms with van der Waals surface area (Å²) in [5.74, 6) is 2.11. The Labute approximate surface area is 246 Å². The maximum absolute atomic E-state index is 11.3. The van der Waals surface area contributed by atoms with Gasteiger partial charge in [0.25, 0.3) is 0 Å². The van der Waals surface area contributed by atoms with E-state index < -0.39 is 5.91 Å². The predicted molar refractivity (Wildman–Crippen MR) is 156 cm³/mol. The van der Waals surface area contributed by atoms with Gasteiger partial charge in [0.15, 0.2) is 5.82 Å². The van der Waals surface area contributed by atoms with E-state index in [9.17, 15) is 4.79 Å². The summed E-state index contributed by atoms with van der Waals surface area (Å²) >= 11 is 13.5. The number of halogens is 2. The smallest absolute Gasteiger partial charge is 0.241 e. The number of nitrogens with zero attached hydrogens (tertiary/aromatic N) is 4. The lowest BCUT2D eigenvalue weighted by molar-refractivity contribution is -0.127. The van der Waals surface area contributed by atoms with E-state index in [1.807, 2.05) is 12.1 Å². The zero-order valence-electron chi connectivity index (χ0n) is 22.7. The summed E-state index contributed by atoms with van der Waals surface area (Å²) in [4.78, 5) is 28.0. The van der Waals surface area contributed by atoms with Crippen molar-refractivity contribution in [1.82, 2.24) is 15.0 Å². The molecule has 11 nitrogen and oxygen atoms in total. The maximum Gasteiger partial charge on any atom is 0.241 e. The van der Waals surface area contributed by atoms with Crippen molar-refractivity contribution in [2.24, 2.45) is 17.1 Å². The molecule has 5 heterocycles. The number of carbonyl (C=O) groups excluding carboxylic acids is 1. The van der Waals surface area contributed by atoms with Gasteiger partial charge in [0.2, 0.25) is 5.91 Å². The van der Waals surface area contributed by atoms with Gasteiger partial charge >= 0.3 is 0 Å². The molecule has 3 saturated heterocycles. The minimum Gasteiger partial charge on any atom is -0.495 e. The van der Waals surface area contributed by atoms with Crippen LogP contribution in [0, 0.1) is 11.3 Å². The van der Waals surface area contributed by atoms with E-state index in [0.717, 1.165) is 43.9 Å². The summed E-state index contributed by atoms with van der Waals surface area (Å²) in [6.07, 6.45) is 5.70. The van der Waals surface area contributed by atoms with Crippen molar-refractivity contribution < 1.29 is 23.7 Å². The van der Waals surface area contributed by atoms with Crippen molar-refractivity contribution in [3.63, 3.8) is 0 Å². The molecule has 2 aromatic heterocycles. The van der Waals surface area contributed by atoms with Gasteiger partial charge in [0.05, 0.1) is 72.8 Å². The molecular weight excluding hydrogens is 571 g/mol. The molecule has 0 unspecified atom stereocenters. The van der Waals surface area contributed by atoms with Crippen LogP contribution in [-0.4, -0.2) is 80.6 Å². The molecule has 3 aromatic rings. The third-order valence-corrected chi connectivity index (χ3v) is 8.53. The fourth-order valence-electron chi connectivity index (χ4n) is 5.56. The maximum atomic E-state index is 11.3. The first-order valence-electron chi connectivity index (χ1n) is 13.2. The van der Waals surface area contributed by atoms with Gasteiger partial charge < -0.3 is 34.9 Å². The van der Waals surface area contributed by atoms with E-state index >= 15 is 0 Å². The number of ether oxygens (including phenoxy) is 4. The van der Waals surface area contributed by atoms with Gasteiger partial charge in [-0.3, -0.25) is 4.79 Å². The van der Waals surface area contributed by atoms with Crippen LogP contribution in [0.5, 0.6) is 11.5 Å². The van der Waals surface area contributed by atoms with Gasteiger partial charge in [-0.1, -0.05) is 29.3 Å². The number of benzene rings is 1. The Morgan fingerprint density at radius 3 is 2.51 bits per heavy atom. The number of rotatable bonds is 8. The Bertz CT molecular complexity index is 1500. The Balaban J connectivity index is 1.41. The van der Waals surface area contributed by atoms with E-state index in [2.05, 4.69) is 15.2 Å². The number of anilines is 2. The second kappa shape index (κ2) is 11.1. The highest BCUT2D eigenvalue weighted by atomic mass is 35.5. The van der Waals surface area contributed by atoms with Crippen molar-refractivity contribution in [1.29, 1.82) is 0 Å². The molecule has 3 aliphatic heterocycles. The number of pyridine rings is 1. The Hall–Kier alpha value is -3.38. The highest BCUT2D eigenvalue weighted by Crippen LogP contribution is 2.47. The summed E-state index contributed by atoms with van der Waals surface area (Å²) in [5.41, 5.74) is 6.52. The fraction of sp³-hybridized carbons (Fsp3) is 0.429. The summed E-state index contributed by atoms with van der Waals surface area (Å²) in [6.45, 7) is 4.17. The van der Waals surface area contributed by atoms with Gasteiger partial charge in [-0.15, -0.1) is 0 Å². The van der Waals surface area contributed by atoms with Gasteiger partial charge in [-0.05, 0) is 18.6 Å². The van der Waals surface area contributed by atoms with Crippen molar-refractivity contribution in [3.8, 4) is 22.9 Å². The summed E-state index contributed by atoms with van der Waals surface area (Å²) < 4.78 is 22.1. The van der Waals surface area contributed by atoms with E-state index in [1.54, 1.807) is 12.3 Å². The molecule has 3 N–H and O–H groups in total. The lowest BCUT2D eigenvalue weighted by Crippen LogP contribution is -2.66. The van der Waals surface area contributed by atoms with Crippen LogP contribution in [0.4, 0.5) is 11.6 Å². The number of carbonyl (C=O) groups is 1. The Morgan fingerprint density at radius 2 is 1.88 bits per heavy atom. The lowest BCUT2D eigenvalue weighted by Gasteiger charge is -2.55. The number of primary amides is 1. The monoisotopic (exact) mass is 600 g/mol. The predicted octanol–water partition coefficient (Wildman–Crippen LogP) is 3.71. The number of hydrogen-bond acceptors (Lipinski definition) is 10. The molecule has 41 heavy (non-hydrogen) atoms. The van der Waals surface area contributed by atoms with Crippen molar-refractivity contribution in [3.05, 3.63) is 40.5 Å². The van der Waals surface area contributed by atoms with Gasteiger partial charge in [-0.2, -0.15) is 0 Å². The minimum atomic E-state index is -0.477. The highest BCUT2D eigenvalue weighted by Gasteiger charge is 2.50. The average Bonchev–Trinajstić information content (AvgIpc) is 2.91. The third-order valence-electron chi connectivity index (χ3n) is 7.78. The number of amides is 1. The van der Waals surface area contributed by atoms with E-state index in [0.29, 0.717) is 47.4 Å². The normalized spacial score (nSPS) is 21.5. The number of hydrogen-bond donors (Lipinski definition) is 2. The first kappa shape index (κ1) is 27.8. The molecule has 0 radical (unpaired) electrons. The third kappa shape index (κ3) is 5.23. The zero-order chi connectivity index (χ0) is 28.7. The van der Waals surface area contributed by atoms with E-state index in [4.69, 9.17) is 57.9 Å². The van der Waals surface area contributed by atoms with Gasteiger partial charge in [0, 0.05) is 37.1 Å². The molecule has 6 rings (SSSR count). The summed E-state index contributed by atoms with van der Waals surface area (Å²) in [6, 6.07) is 3.48. The highest BCUT2D eigenvalue weighted by molar-refractivity contribution is 6.41. The van der Waals surface area contributed by atoms with Crippen LogP contribution in [0.15, 0.2) is 30.5 Å². The SMILES string of the molecule is COc1cc(OC)c(Cl)c(-c2nc(N3CC4(COC4)C3)c3cc(N[C@@H]4COCC[C@H]4C=CC(N)=O)ncc3n2)c1Cl. The van der Waals surface area contributed by atoms with E-state index in [1.165, 1.54) is 20.3 Å². The number of methoxy groups -OCH3 is 2. The molecule has 3 fully saturated rings. The minimum absolute atomic E-state index is 0.0630. The Kier molecular flexibility index (Phi) is 7.54. The van der Waals surface area contributed by atoms with Gasteiger partial charge in [-0.25, -0.2) is 15.0 Å². The molecule has 0 bridgehead atoms. The summed E-state index contributed by atoms with van der Waals surface area (Å²) in [7, 11) is 3.05. The van der Waals surface area contributed by atoms with Crippen LogP contribution in [-0.2, 0) is 14.3 Å². The molecule has 1 aromatic carbocycles. The topological polar surface area (TPSA) is 134 Å². The molecule has 0 aliphatic carbocycles. The number of nitrogens with one attached hydrogen (secondary N) is 1. The van der Waals surface area contributed by atoms with Crippen LogP contribution >= 0.6 is 23.2 Å². The molecule has 2 atom stereocenters.